The van der Waals surface area contributed by atoms with Crippen LogP contribution >= 0.6 is 0 Å². The van der Waals surface area contributed by atoms with Crippen molar-refractivity contribution in [2.75, 3.05) is 0 Å². The standard InChI is InChI=1S/C25H32O2/c1-15-9-10-16(2)22-21(15)24(7,8)14-25(27-22)13-23(5,6)19-11-17(3)18(4)12-20(19)26-25/h9-12H,13-14H2,1-8H3. The minimum absolute atomic E-state index is 0.00262. The fourth-order valence-electron chi connectivity index (χ4n) is 5.31. The highest BCUT2D eigenvalue weighted by Crippen LogP contribution is 2.55. The molecule has 1 atom stereocenters. The van der Waals surface area contributed by atoms with Gasteiger partial charge in [0.1, 0.15) is 11.5 Å². The van der Waals surface area contributed by atoms with Crippen molar-refractivity contribution in [1.29, 1.82) is 0 Å². The van der Waals surface area contributed by atoms with Gasteiger partial charge in [0.2, 0.25) is 0 Å². The predicted molar refractivity (Wildman–Crippen MR) is 111 cm³/mol. The lowest BCUT2D eigenvalue weighted by atomic mass is 9.68. The van der Waals surface area contributed by atoms with Gasteiger partial charge in [-0.2, -0.15) is 0 Å². The Kier molecular flexibility index (Phi) is 3.77. The summed E-state index contributed by atoms with van der Waals surface area (Å²) in [4.78, 5) is 0. The molecule has 0 saturated carbocycles. The molecule has 4 rings (SSSR count). The Morgan fingerprint density at radius 3 is 2.00 bits per heavy atom. The van der Waals surface area contributed by atoms with E-state index in [9.17, 15) is 0 Å². The molecule has 2 aliphatic heterocycles. The van der Waals surface area contributed by atoms with Crippen LogP contribution in [-0.2, 0) is 10.8 Å². The molecule has 2 aromatic carbocycles. The van der Waals surface area contributed by atoms with E-state index in [1.807, 2.05) is 0 Å². The Morgan fingerprint density at radius 2 is 1.30 bits per heavy atom. The summed E-state index contributed by atoms with van der Waals surface area (Å²) >= 11 is 0. The molecule has 0 fully saturated rings. The Balaban J connectivity index is 1.88. The number of hydrogen-bond acceptors (Lipinski definition) is 2. The number of hydrogen-bond donors (Lipinski definition) is 0. The molecular formula is C25H32O2. The Morgan fingerprint density at radius 1 is 0.704 bits per heavy atom. The summed E-state index contributed by atoms with van der Waals surface area (Å²) in [6.45, 7) is 18.0. The first-order valence-corrected chi connectivity index (χ1v) is 10.0. The molecule has 0 aromatic heterocycles. The van der Waals surface area contributed by atoms with Crippen molar-refractivity contribution in [3.8, 4) is 11.5 Å². The number of ether oxygens (including phenoxy) is 2. The van der Waals surface area contributed by atoms with E-state index < -0.39 is 5.79 Å². The van der Waals surface area contributed by atoms with Crippen LogP contribution in [0.15, 0.2) is 24.3 Å². The molecule has 27 heavy (non-hydrogen) atoms. The molecular weight excluding hydrogens is 332 g/mol. The molecule has 0 N–H and O–H groups in total. The Hall–Kier alpha value is -1.96. The van der Waals surface area contributed by atoms with E-state index in [0.29, 0.717) is 0 Å². The van der Waals surface area contributed by atoms with Crippen molar-refractivity contribution in [3.05, 3.63) is 57.6 Å². The minimum Gasteiger partial charge on any atom is -0.452 e. The summed E-state index contributed by atoms with van der Waals surface area (Å²) in [5.41, 5.74) is 7.71. The van der Waals surface area contributed by atoms with Crippen molar-refractivity contribution >= 4 is 0 Å². The average molecular weight is 365 g/mol. The number of fused-ring (bicyclic) bond motifs is 2. The van der Waals surface area contributed by atoms with Crippen LogP contribution in [0.4, 0.5) is 0 Å². The van der Waals surface area contributed by atoms with Gasteiger partial charge >= 0.3 is 0 Å². The molecule has 144 valence electrons. The molecule has 2 aromatic rings. The zero-order chi connectivity index (χ0) is 19.8. The van der Waals surface area contributed by atoms with E-state index in [-0.39, 0.29) is 10.8 Å². The Labute approximate surface area is 163 Å². The summed E-state index contributed by atoms with van der Waals surface area (Å²) in [5, 5.41) is 0. The number of benzene rings is 2. The van der Waals surface area contributed by atoms with Crippen LogP contribution in [0.2, 0.25) is 0 Å². The first-order chi connectivity index (χ1) is 12.4. The molecule has 0 aliphatic carbocycles. The van der Waals surface area contributed by atoms with Crippen molar-refractivity contribution < 1.29 is 9.47 Å². The van der Waals surface area contributed by atoms with Gasteiger partial charge in [0.15, 0.2) is 0 Å². The molecule has 0 radical (unpaired) electrons. The molecule has 2 nitrogen and oxygen atoms in total. The average Bonchev–Trinajstić information content (AvgIpc) is 2.51. The lowest BCUT2D eigenvalue weighted by Gasteiger charge is -2.52. The summed E-state index contributed by atoms with van der Waals surface area (Å²) in [6.07, 6.45) is 1.71. The van der Waals surface area contributed by atoms with Gasteiger partial charge in [-0.15, -0.1) is 0 Å². The third-order valence-electron chi connectivity index (χ3n) is 6.57. The molecule has 0 bridgehead atoms. The van der Waals surface area contributed by atoms with Crippen LogP contribution in [-0.4, -0.2) is 5.79 Å². The van der Waals surface area contributed by atoms with Gasteiger partial charge in [-0.05, 0) is 56.0 Å². The smallest absolute Gasteiger partial charge is 0.252 e. The van der Waals surface area contributed by atoms with Crippen LogP contribution in [0.5, 0.6) is 11.5 Å². The van der Waals surface area contributed by atoms with Gasteiger partial charge in [-0.3, -0.25) is 0 Å². The highest BCUT2D eigenvalue weighted by atomic mass is 16.7. The van der Waals surface area contributed by atoms with Crippen LogP contribution in [0.25, 0.3) is 0 Å². The molecule has 1 unspecified atom stereocenters. The van der Waals surface area contributed by atoms with Crippen molar-refractivity contribution in [1.82, 2.24) is 0 Å². The third kappa shape index (κ3) is 2.76. The molecule has 2 heteroatoms. The quantitative estimate of drug-likeness (QED) is 0.536. The van der Waals surface area contributed by atoms with E-state index in [1.54, 1.807) is 0 Å². The highest BCUT2D eigenvalue weighted by molar-refractivity contribution is 5.53. The maximum atomic E-state index is 6.75. The zero-order valence-electron chi connectivity index (χ0n) is 18.0. The van der Waals surface area contributed by atoms with Gasteiger partial charge in [-0.25, -0.2) is 0 Å². The lowest BCUT2D eigenvalue weighted by Crippen LogP contribution is -2.56. The normalized spacial score (nSPS) is 24.6. The maximum Gasteiger partial charge on any atom is 0.252 e. The molecule has 1 spiro atoms. The van der Waals surface area contributed by atoms with E-state index in [1.165, 1.54) is 33.4 Å². The van der Waals surface area contributed by atoms with Crippen molar-refractivity contribution in [3.63, 3.8) is 0 Å². The van der Waals surface area contributed by atoms with E-state index >= 15 is 0 Å². The van der Waals surface area contributed by atoms with Crippen molar-refractivity contribution in [2.24, 2.45) is 0 Å². The second-order valence-electron chi connectivity index (χ2n) is 10.1. The Bertz CT molecular complexity index is 936. The summed E-state index contributed by atoms with van der Waals surface area (Å²) in [5.74, 6) is 1.39. The monoisotopic (exact) mass is 364 g/mol. The van der Waals surface area contributed by atoms with Crippen LogP contribution in [0, 0.1) is 27.7 Å². The molecule has 0 amide bonds. The highest BCUT2D eigenvalue weighted by Gasteiger charge is 2.53. The largest absolute Gasteiger partial charge is 0.452 e. The lowest BCUT2D eigenvalue weighted by molar-refractivity contribution is -0.166. The number of aryl methyl sites for hydroxylation is 4. The van der Waals surface area contributed by atoms with Gasteiger partial charge in [0.25, 0.3) is 5.79 Å². The third-order valence-corrected chi connectivity index (χ3v) is 6.57. The molecule has 0 saturated heterocycles. The van der Waals surface area contributed by atoms with Gasteiger partial charge in [0, 0.05) is 34.8 Å². The van der Waals surface area contributed by atoms with Crippen LogP contribution < -0.4 is 9.47 Å². The second-order valence-corrected chi connectivity index (χ2v) is 10.1. The first-order valence-electron chi connectivity index (χ1n) is 10.0. The minimum atomic E-state index is -0.618. The summed E-state index contributed by atoms with van der Waals surface area (Å²) in [7, 11) is 0. The van der Waals surface area contributed by atoms with Crippen LogP contribution in [0.1, 0.15) is 73.9 Å². The van der Waals surface area contributed by atoms with Crippen LogP contribution in [0.3, 0.4) is 0 Å². The first kappa shape index (κ1) is 18.4. The summed E-state index contributed by atoms with van der Waals surface area (Å²) < 4.78 is 13.4. The summed E-state index contributed by atoms with van der Waals surface area (Å²) in [6, 6.07) is 8.88. The van der Waals surface area contributed by atoms with Crippen molar-refractivity contribution in [2.45, 2.75) is 84.8 Å². The molecule has 2 heterocycles. The fraction of sp³-hybridized carbons (Fsp3) is 0.520. The fourth-order valence-corrected chi connectivity index (χ4v) is 5.31. The van der Waals surface area contributed by atoms with Gasteiger partial charge < -0.3 is 9.47 Å². The maximum absolute atomic E-state index is 6.75. The predicted octanol–water partition coefficient (Wildman–Crippen LogP) is 6.44. The second kappa shape index (κ2) is 5.53. The topological polar surface area (TPSA) is 18.5 Å². The van der Waals surface area contributed by atoms with E-state index in [4.69, 9.17) is 9.47 Å². The van der Waals surface area contributed by atoms with E-state index in [0.717, 1.165) is 24.3 Å². The molecule has 2 aliphatic rings. The van der Waals surface area contributed by atoms with E-state index in [2.05, 4.69) is 79.7 Å². The number of rotatable bonds is 0. The van der Waals surface area contributed by atoms with Gasteiger partial charge in [-0.1, -0.05) is 45.9 Å². The SMILES string of the molecule is Cc1cc2c(cc1C)C(C)(C)CC1(CC(C)(C)c3c(C)ccc(C)c3O1)O2. The van der Waals surface area contributed by atoms with Gasteiger partial charge in [0.05, 0.1) is 0 Å². The zero-order valence-corrected chi connectivity index (χ0v) is 18.0.